The minimum Gasteiger partial charge on any atom is -0.315 e. The first kappa shape index (κ1) is 22.7. The maximum absolute atomic E-state index is 3.87. The molecule has 0 saturated carbocycles. The third kappa shape index (κ3) is 7.40. The van der Waals surface area contributed by atoms with Gasteiger partial charge in [0.25, 0.3) is 0 Å². The van der Waals surface area contributed by atoms with Crippen molar-refractivity contribution in [3.63, 3.8) is 0 Å². The van der Waals surface area contributed by atoms with Crippen molar-refractivity contribution in [1.82, 2.24) is 5.32 Å². The molecule has 0 aromatic heterocycles. The van der Waals surface area contributed by atoms with E-state index < -0.39 is 0 Å². The molecule has 0 aliphatic carbocycles. The molecule has 0 amide bonds. The van der Waals surface area contributed by atoms with Crippen LogP contribution >= 0.6 is 0 Å². The third-order valence-corrected chi connectivity index (χ3v) is 4.54. The summed E-state index contributed by atoms with van der Waals surface area (Å²) in [7, 11) is 0. The lowest BCUT2D eigenvalue weighted by Crippen LogP contribution is -2.24. The minimum atomic E-state index is 0.358. The zero-order valence-electron chi connectivity index (χ0n) is 17.5. The van der Waals surface area contributed by atoms with E-state index in [4.69, 9.17) is 0 Å². The fraction of sp³-hybridized carbons (Fsp3) is 0.308. The number of rotatable bonds is 9. The Bertz CT molecular complexity index is 739. The zero-order chi connectivity index (χ0) is 20.1. The molecular weight excluding hydrogens is 326 g/mol. The van der Waals surface area contributed by atoms with Crippen LogP contribution in [0.3, 0.4) is 0 Å². The number of aryl methyl sites for hydroxylation is 2. The highest BCUT2D eigenvalue weighted by molar-refractivity contribution is 5.39. The topological polar surface area (TPSA) is 12.0 Å². The quantitative estimate of drug-likeness (QED) is 0.385. The summed E-state index contributed by atoms with van der Waals surface area (Å²) in [6.07, 6.45) is 6.71. The van der Waals surface area contributed by atoms with Crippen LogP contribution in [-0.2, 0) is 0 Å². The molecule has 1 nitrogen and oxygen atoms in total. The van der Waals surface area contributed by atoms with Gasteiger partial charge in [-0.2, -0.15) is 0 Å². The Labute approximate surface area is 166 Å². The fourth-order valence-corrected chi connectivity index (χ4v) is 3.16. The van der Waals surface area contributed by atoms with Gasteiger partial charge in [-0.3, -0.25) is 0 Å². The summed E-state index contributed by atoms with van der Waals surface area (Å²) < 4.78 is 0. The highest BCUT2D eigenvalue weighted by Crippen LogP contribution is 2.27. The smallest absolute Gasteiger partial charge is 0.0217 e. The van der Waals surface area contributed by atoms with Crippen molar-refractivity contribution in [2.24, 2.45) is 0 Å². The fourth-order valence-electron chi connectivity index (χ4n) is 3.16. The van der Waals surface area contributed by atoms with Crippen LogP contribution in [0.2, 0.25) is 0 Å². The van der Waals surface area contributed by atoms with Crippen LogP contribution in [0.15, 0.2) is 85.5 Å². The van der Waals surface area contributed by atoms with Crippen LogP contribution in [0.5, 0.6) is 0 Å². The first-order valence-electron chi connectivity index (χ1n) is 9.92. The van der Waals surface area contributed by atoms with Gasteiger partial charge in [-0.05, 0) is 49.1 Å². The first-order chi connectivity index (χ1) is 13.2. The van der Waals surface area contributed by atoms with E-state index in [2.05, 4.69) is 80.9 Å². The number of hydrogen-bond donors (Lipinski definition) is 1. The van der Waals surface area contributed by atoms with Crippen molar-refractivity contribution >= 4 is 0 Å². The van der Waals surface area contributed by atoms with E-state index in [0.29, 0.717) is 5.92 Å². The molecule has 144 valence electrons. The summed E-state index contributed by atoms with van der Waals surface area (Å²) in [5, 5.41) is 3.63. The average Bonchev–Trinajstić information content (AvgIpc) is 2.69. The van der Waals surface area contributed by atoms with Gasteiger partial charge in [0.1, 0.15) is 0 Å². The maximum atomic E-state index is 3.87. The van der Waals surface area contributed by atoms with Crippen molar-refractivity contribution in [2.45, 2.75) is 40.0 Å². The zero-order valence-corrected chi connectivity index (χ0v) is 17.5. The summed E-state index contributed by atoms with van der Waals surface area (Å²) in [5.74, 6) is 0.358. The van der Waals surface area contributed by atoms with Gasteiger partial charge in [0.2, 0.25) is 0 Å². The third-order valence-electron chi connectivity index (χ3n) is 4.54. The molecule has 0 bridgehead atoms. The lowest BCUT2D eigenvalue weighted by molar-refractivity contribution is 0.634. The predicted octanol–water partition coefficient (Wildman–Crippen LogP) is 6.74. The molecule has 2 aromatic carbocycles. The summed E-state index contributed by atoms with van der Waals surface area (Å²) >= 11 is 0. The number of nitrogens with one attached hydrogen (secondary N) is 1. The Morgan fingerprint density at radius 2 is 1.78 bits per heavy atom. The van der Waals surface area contributed by atoms with E-state index in [0.717, 1.165) is 19.5 Å². The van der Waals surface area contributed by atoms with Crippen molar-refractivity contribution in [3.8, 4) is 0 Å². The average molecular weight is 362 g/mol. The second kappa shape index (κ2) is 12.9. The SMILES string of the molecule is C=C/C=C(\C=C)CCNCC(c1cccc(C)c1)c1ccccc1C.CC. The first-order valence-corrected chi connectivity index (χ1v) is 9.92. The normalized spacial score (nSPS) is 11.9. The van der Waals surface area contributed by atoms with E-state index in [1.54, 1.807) is 0 Å². The summed E-state index contributed by atoms with van der Waals surface area (Å²) in [5.41, 5.74) is 6.62. The lowest BCUT2D eigenvalue weighted by atomic mass is 9.87. The maximum Gasteiger partial charge on any atom is 0.0217 e. The Morgan fingerprint density at radius 3 is 2.41 bits per heavy atom. The van der Waals surface area contributed by atoms with Gasteiger partial charge < -0.3 is 5.32 Å². The molecule has 1 N–H and O–H groups in total. The van der Waals surface area contributed by atoms with Crippen LogP contribution in [0.25, 0.3) is 0 Å². The lowest BCUT2D eigenvalue weighted by Gasteiger charge is -2.21. The minimum absolute atomic E-state index is 0.358. The van der Waals surface area contributed by atoms with Crippen molar-refractivity contribution in [2.75, 3.05) is 13.1 Å². The molecule has 1 heteroatoms. The van der Waals surface area contributed by atoms with Gasteiger partial charge in [0.15, 0.2) is 0 Å². The van der Waals surface area contributed by atoms with Crippen LogP contribution in [0.1, 0.15) is 48.4 Å². The molecule has 2 aromatic rings. The summed E-state index contributed by atoms with van der Waals surface area (Å²) in [6.45, 7) is 17.8. The molecular formula is C26H35N. The van der Waals surface area contributed by atoms with Gasteiger partial charge >= 0.3 is 0 Å². The van der Waals surface area contributed by atoms with Crippen molar-refractivity contribution < 1.29 is 0 Å². The number of hydrogen-bond acceptors (Lipinski definition) is 1. The molecule has 1 atom stereocenters. The van der Waals surface area contributed by atoms with E-state index in [-0.39, 0.29) is 0 Å². The number of benzene rings is 2. The Hall–Kier alpha value is -2.38. The molecule has 2 rings (SSSR count). The highest BCUT2D eigenvalue weighted by Gasteiger charge is 2.15. The summed E-state index contributed by atoms with van der Waals surface area (Å²) in [4.78, 5) is 0. The second-order valence-corrected chi connectivity index (χ2v) is 6.46. The van der Waals surface area contributed by atoms with Gasteiger partial charge in [0, 0.05) is 12.5 Å². The van der Waals surface area contributed by atoms with Crippen molar-refractivity contribution in [1.29, 1.82) is 0 Å². The molecule has 1 unspecified atom stereocenters. The van der Waals surface area contributed by atoms with Gasteiger partial charge in [-0.15, -0.1) is 0 Å². The van der Waals surface area contributed by atoms with E-state index in [1.807, 2.05) is 32.1 Å². The number of allylic oxidation sites excluding steroid dienone is 3. The van der Waals surface area contributed by atoms with Crippen LogP contribution in [0, 0.1) is 13.8 Å². The molecule has 0 aliphatic heterocycles. The molecule has 0 aliphatic rings. The van der Waals surface area contributed by atoms with Crippen LogP contribution in [0.4, 0.5) is 0 Å². The molecule has 0 spiro atoms. The van der Waals surface area contributed by atoms with Gasteiger partial charge in [-0.1, -0.05) is 99.3 Å². The Morgan fingerprint density at radius 1 is 1.04 bits per heavy atom. The molecule has 27 heavy (non-hydrogen) atoms. The standard InChI is InChI=1S/C24H29N.C2H6/c1-5-10-21(6-2)15-16-25-18-24(22-13-9-11-19(3)17-22)23-14-8-7-12-20(23)4;1-2/h5-14,17,24-25H,1-2,15-16,18H2,3-4H3;1-2H3/b21-10+;. The Kier molecular flexibility index (Phi) is 10.8. The second-order valence-electron chi connectivity index (χ2n) is 6.46. The Balaban J connectivity index is 0.00000176. The van der Waals surface area contributed by atoms with Gasteiger partial charge in [0.05, 0.1) is 0 Å². The largest absolute Gasteiger partial charge is 0.315 e. The van der Waals surface area contributed by atoms with Crippen LogP contribution in [-0.4, -0.2) is 13.1 Å². The molecule has 0 heterocycles. The van der Waals surface area contributed by atoms with Gasteiger partial charge in [-0.25, -0.2) is 0 Å². The monoisotopic (exact) mass is 361 g/mol. The molecule has 0 saturated heterocycles. The summed E-state index contributed by atoms with van der Waals surface area (Å²) in [6, 6.07) is 17.5. The highest BCUT2D eigenvalue weighted by atomic mass is 14.9. The van der Waals surface area contributed by atoms with E-state index in [9.17, 15) is 0 Å². The molecule has 0 fully saturated rings. The van der Waals surface area contributed by atoms with E-state index >= 15 is 0 Å². The predicted molar refractivity (Wildman–Crippen MR) is 122 cm³/mol. The van der Waals surface area contributed by atoms with E-state index in [1.165, 1.54) is 27.8 Å². The van der Waals surface area contributed by atoms with Crippen LogP contribution < -0.4 is 5.32 Å². The molecule has 0 radical (unpaired) electrons. The van der Waals surface area contributed by atoms with Crippen molar-refractivity contribution in [3.05, 3.63) is 108 Å².